The van der Waals surface area contributed by atoms with Gasteiger partial charge in [-0.05, 0) is 40.5 Å². The van der Waals surface area contributed by atoms with E-state index in [2.05, 4.69) is 53.2 Å². The molecule has 20 heavy (non-hydrogen) atoms. The van der Waals surface area contributed by atoms with Gasteiger partial charge in [0.1, 0.15) is 5.82 Å². The molecule has 0 aliphatic rings. The minimum atomic E-state index is 0.431. The normalized spacial score (nSPS) is 10.7. The maximum atomic E-state index is 5.19. The maximum Gasteiger partial charge on any atom is 0.161 e. The van der Waals surface area contributed by atoms with E-state index in [0.717, 1.165) is 31.6 Å². The summed E-state index contributed by atoms with van der Waals surface area (Å²) in [6, 6.07) is 6.06. The summed E-state index contributed by atoms with van der Waals surface area (Å²) in [4.78, 5) is 9.11. The molecule has 6 heteroatoms. The average molecular weight is 401 g/mol. The van der Waals surface area contributed by atoms with E-state index in [9.17, 15) is 0 Å². The lowest BCUT2D eigenvalue weighted by Crippen LogP contribution is -2.04. The molecule has 2 rings (SSSR count). The van der Waals surface area contributed by atoms with Crippen LogP contribution in [0.2, 0.25) is 0 Å². The van der Waals surface area contributed by atoms with Crippen molar-refractivity contribution in [2.75, 3.05) is 19.5 Å². The lowest BCUT2D eigenvalue weighted by atomic mass is 10.1. The Morgan fingerprint density at radius 3 is 2.60 bits per heavy atom. The Morgan fingerprint density at radius 1 is 1.25 bits per heavy atom. The SMILES string of the molecule is CNc1nc(-c2ccc(Br)c(C)c2)nc(COC)c1Br. The van der Waals surface area contributed by atoms with E-state index in [-0.39, 0.29) is 0 Å². The molecule has 0 aliphatic carbocycles. The van der Waals surface area contributed by atoms with E-state index in [1.165, 1.54) is 0 Å². The molecule has 0 spiro atoms. The van der Waals surface area contributed by atoms with Crippen molar-refractivity contribution >= 4 is 37.7 Å². The number of ether oxygens (including phenoxy) is 1. The summed E-state index contributed by atoms with van der Waals surface area (Å²) in [7, 11) is 3.48. The fourth-order valence-electron chi connectivity index (χ4n) is 1.80. The number of hydrogen-bond acceptors (Lipinski definition) is 4. The summed E-state index contributed by atoms with van der Waals surface area (Å²) in [5.74, 6) is 1.43. The highest BCUT2D eigenvalue weighted by molar-refractivity contribution is 9.11. The van der Waals surface area contributed by atoms with Gasteiger partial charge in [-0.15, -0.1) is 0 Å². The highest BCUT2D eigenvalue weighted by Gasteiger charge is 2.13. The Bertz CT molecular complexity index is 632. The van der Waals surface area contributed by atoms with Gasteiger partial charge in [-0.2, -0.15) is 0 Å². The van der Waals surface area contributed by atoms with E-state index < -0.39 is 0 Å². The van der Waals surface area contributed by atoms with Crippen LogP contribution in [-0.2, 0) is 11.3 Å². The highest BCUT2D eigenvalue weighted by Crippen LogP contribution is 2.29. The molecule has 0 atom stereocenters. The van der Waals surface area contributed by atoms with E-state index >= 15 is 0 Å². The monoisotopic (exact) mass is 399 g/mol. The quantitative estimate of drug-likeness (QED) is 0.836. The first kappa shape index (κ1) is 15.4. The molecule has 0 bridgehead atoms. The molecule has 4 nitrogen and oxygen atoms in total. The number of anilines is 1. The van der Waals surface area contributed by atoms with E-state index in [0.29, 0.717) is 12.4 Å². The largest absolute Gasteiger partial charge is 0.378 e. The summed E-state index contributed by atoms with van der Waals surface area (Å²) in [6.45, 7) is 2.47. The van der Waals surface area contributed by atoms with Crippen molar-refractivity contribution in [2.24, 2.45) is 0 Å². The van der Waals surface area contributed by atoms with E-state index in [1.807, 2.05) is 26.1 Å². The van der Waals surface area contributed by atoms with Gasteiger partial charge in [0.05, 0.1) is 16.8 Å². The van der Waals surface area contributed by atoms with Gasteiger partial charge in [0, 0.05) is 24.2 Å². The molecule has 0 unspecified atom stereocenters. The van der Waals surface area contributed by atoms with Gasteiger partial charge < -0.3 is 10.1 Å². The molecule has 0 saturated heterocycles. The molecular formula is C14H15Br2N3O. The van der Waals surface area contributed by atoms with Crippen LogP contribution in [0.4, 0.5) is 5.82 Å². The standard InChI is InChI=1S/C14H15Br2N3O/c1-8-6-9(4-5-10(8)15)13-18-11(7-20-3)12(16)14(17-2)19-13/h4-6H,7H2,1-3H3,(H,17,18,19). The van der Waals surface area contributed by atoms with Crippen molar-refractivity contribution < 1.29 is 4.74 Å². The number of benzene rings is 1. The third-order valence-electron chi connectivity index (χ3n) is 2.85. The van der Waals surface area contributed by atoms with Crippen molar-refractivity contribution in [1.82, 2.24) is 9.97 Å². The zero-order valence-electron chi connectivity index (χ0n) is 11.5. The first-order valence-corrected chi connectivity index (χ1v) is 7.65. The summed E-state index contributed by atoms with van der Waals surface area (Å²) in [5.41, 5.74) is 2.95. The summed E-state index contributed by atoms with van der Waals surface area (Å²) >= 11 is 7.00. The Labute approximate surface area is 135 Å². The first-order valence-electron chi connectivity index (χ1n) is 6.06. The van der Waals surface area contributed by atoms with Gasteiger partial charge in [0.2, 0.25) is 0 Å². The predicted octanol–water partition coefficient (Wildman–Crippen LogP) is 4.17. The number of hydrogen-bond donors (Lipinski definition) is 1. The van der Waals surface area contributed by atoms with Crippen LogP contribution >= 0.6 is 31.9 Å². The Kier molecular flexibility index (Phi) is 5.12. The molecule has 0 amide bonds. The van der Waals surface area contributed by atoms with Crippen molar-refractivity contribution in [3.63, 3.8) is 0 Å². The minimum Gasteiger partial charge on any atom is -0.378 e. The molecule has 0 radical (unpaired) electrons. The van der Waals surface area contributed by atoms with Crippen molar-refractivity contribution in [3.05, 3.63) is 38.4 Å². The number of halogens is 2. The van der Waals surface area contributed by atoms with Crippen molar-refractivity contribution in [2.45, 2.75) is 13.5 Å². The molecule has 0 saturated carbocycles. The van der Waals surface area contributed by atoms with Crippen LogP contribution in [0.1, 0.15) is 11.3 Å². The number of methoxy groups -OCH3 is 1. The van der Waals surface area contributed by atoms with Gasteiger partial charge in [-0.1, -0.05) is 22.0 Å². The topological polar surface area (TPSA) is 47.0 Å². The third kappa shape index (κ3) is 3.19. The second kappa shape index (κ2) is 6.65. The zero-order valence-corrected chi connectivity index (χ0v) is 14.7. The van der Waals surface area contributed by atoms with Crippen LogP contribution in [0.5, 0.6) is 0 Å². The van der Waals surface area contributed by atoms with E-state index in [4.69, 9.17) is 4.74 Å². The average Bonchev–Trinajstić information content (AvgIpc) is 2.44. The number of aryl methyl sites for hydroxylation is 1. The molecule has 1 N–H and O–H groups in total. The van der Waals surface area contributed by atoms with Gasteiger partial charge in [0.25, 0.3) is 0 Å². The van der Waals surface area contributed by atoms with Crippen LogP contribution in [0.15, 0.2) is 27.1 Å². The van der Waals surface area contributed by atoms with Crippen LogP contribution < -0.4 is 5.32 Å². The van der Waals surface area contributed by atoms with Gasteiger partial charge in [-0.3, -0.25) is 0 Å². The van der Waals surface area contributed by atoms with Crippen LogP contribution in [0, 0.1) is 6.92 Å². The molecule has 0 fully saturated rings. The number of nitrogens with zero attached hydrogens (tertiary/aromatic N) is 2. The second-order valence-electron chi connectivity index (χ2n) is 4.30. The van der Waals surface area contributed by atoms with Crippen molar-refractivity contribution in [3.8, 4) is 11.4 Å². The second-order valence-corrected chi connectivity index (χ2v) is 5.95. The molecule has 2 aromatic rings. The maximum absolute atomic E-state index is 5.19. The van der Waals surface area contributed by atoms with Crippen LogP contribution in [0.25, 0.3) is 11.4 Å². The fraction of sp³-hybridized carbons (Fsp3) is 0.286. The molecule has 1 aromatic carbocycles. The van der Waals surface area contributed by atoms with Gasteiger partial charge >= 0.3 is 0 Å². The number of nitrogens with one attached hydrogen (secondary N) is 1. The lowest BCUT2D eigenvalue weighted by Gasteiger charge is -2.11. The van der Waals surface area contributed by atoms with Gasteiger partial charge in [-0.25, -0.2) is 9.97 Å². The Balaban J connectivity index is 2.55. The summed E-state index contributed by atoms with van der Waals surface area (Å²) in [6.07, 6.45) is 0. The Morgan fingerprint density at radius 2 is 2.00 bits per heavy atom. The minimum absolute atomic E-state index is 0.431. The molecule has 1 aromatic heterocycles. The highest BCUT2D eigenvalue weighted by atomic mass is 79.9. The summed E-state index contributed by atoms with van der Waals surface area (Å²) in [5, 5.41) is 3.07. The Hall–Kier alpha value is -0.980. The molecule has 0 aliphatic heterocycles. The lowest BCUT2D eigenvalue weighted by molar-refractivity contribution is 0.181. The third-order valence-corrected chi connectivity index (χ3v) is 4.58. The van der Waals surface area contributed by atoms with Gasteiger partial charge in [0.15, 0.2) is 5.82 Å². The number of rotatable bonds is 4. The summed E-state index contributed by atoms with van der Waals surface area (Å²) < 4.78 is 7.09. The predicted molar refractivity (Wildman–Crippen MR) is 87.9 cm³/mol. The van der Waals surface area contributed by atoms with E-state index in [1.54, 1.807) is 7.11 Å². The molecule has 106 valence electrons. The molecule has 1 heterocycles. The fourth-order valence-corrected chi connectivity index (χ4v) is 2.54. The smallest absolute Gasteiger partial charge is 0.161 e. The number of aromatic nitrogens is 2. The molecular weight excluding hydrogens is 386 g/mol. The zero-order chi connectivity index (χ0) is 14.7. The van der Waals surface area contributed by atoms with Crippen LogP contribution in [-0.4, -0.2) is 24.1 Å². The van der Waals surface area contributed by atoms with Crippen LogP contribution in [0.3, 0.4) is 0 Å². The van der Waals surface area contributed by atoms with Crippen molar-refractivity contribution in [1.29, 1.82) is 0 Å². The first-order chi connectivity index (χ1) is 9.56.